The van der Waals surface area contributed by atoms with Crippen molar-refractivity contribution in [2.24, 2.45) is 0 Å². The number of benzene rings is 1. The maximum atomic E-state index is 12.9. The molecule has 2 heterocycles. The van der Waals surface area contributed by atoms with E-state index in [1.54, 1.807) is 42.4 Å². The van der Waals surface area contributed by atoms with Gasteiger partial charge in [-0.05, 0) is 49.2 Å². The van der Waals surface area contributed by atoms with Crippen LogP contribution in [0.1, 0.15) is 25.5 Å². The fourth-order valence-electron chi connectivity index (χ4n) is 3.16. The number of rotatable bonds is 4. The fourth-order valence-corrected chi connectivity index (χ4v) is 3.28. The second kappa shape index (κ2) is 8.27. The Labute approximate surface area is 157 Å². The zero-order valence-corrected chi connectivity index (χ0v) is 15.4. The highest BCUT2D eigenvalue weighted by Gasteiger charge is 2.29. The smallest absolute Gasteiger partial charge is 0.322 e. The Bertz CT molecular complexity index is 738. The van der Waals surface area contributed by atoms with E-state index in [0.717, 1.165) is 18.6 Å². The summed E-state index contributed by atoms with van der Waals surface area (Å²) in [6, 6.07) is 10.5. The first kappa shape index (κ1) is 18.3. The lowest BCUT2D eigenvalue weighted by Gasteiger charge is -2.38. The van der Waals surface area contributed by atoms with Crippen LogP contribution >= 0.6 is 11.6 Å². The molecule has 26 heavy (non-hydrogen) atoms. The van der Waals surface area contributed by atoms with Crippen molar-refractivity contribution < 1.29 is 14.0 Å². The van der Waals surface area contributed by atoms with Crippen molar-refractivity contribution in [3.63, 3.8) is 0 Å². The summed E-state index contributed by atoms with van der Waals surface area (Å²) >= 11 is 5.90. The number of amides is 3. The SMILES string of the molecule is CC(=O)N1CCC(N(Cc2ccco2)C(=O)Nc2ccc(Cl)cc2)CC1. The molecule has 1 aliphatic heterocycles. The van der Waals surface area contributed by atoms with Crippen molar-refractivity contribution in [1.29, 1.82) is 0 Å². The van der Waals surface area contributed by atoms with E-state index in [4.69, 9.17) is 16.0 Å². The molecule has 138 valence electrons. The minimum atomic E-state index is -0.190. The Morgan fingerprint density at radius 2 is 1.92 bits per heavy atom. The molecule has 7 heteroatoms. The summed E-state index contributed by atoms with van der Waals surface area (Å²) in [6.45, 7) is 3.27. The lowest BCUT2D eigenvalue weighted by molar-refractivity contribution is -0.130. The normalized spacial score (nSPS) is 14.9. The average molecular weight is 376 g/mol. The summed E-state index contributed by atoms with van der Waals surface area (Å²) in [4.78, 5) is 28.0. The Kier molecular flexibility index (Phi) is 5.83. The van der Waals surface area contributed by atoms with E-state index in [9.17, 15) is 9.59 Å². The first-order valence-corrected chi connectivity index (χ1v) is 9.02. The number of hydrogen-bond acceptors (Lipinski definition) is 3. The molecule has 0 atom stereocenters. The summed E-state index contributed by atoms with van der Waals surface area (Å²) in [6.07, 6.45) is 3.09. The molecule has 0 aliphatic carbocycles. The van der Waals surface area contributed by atoms with Gasteiger partial charge in [0.1, 0.15) is 5.76 Å². The zero-order chi connectivity index (χ0) is 18.5. The predicted molar refractivity (Wildman–Crippen MR) is 100.0 cm³/mol. The maximum absolute atomic E-state index is 12.9. The van der Waals surface area contributed by atoms with Crippen molar-refractivity contribution in [2.45, 2.75) is 32.4 Å². The van der Waals surface area contributed by atoms with Crippen molar-refractivity contribution in [3.05, 3.63) is 53.4 Å². The molecular formula is C19H22ClN3O3. The van der Waals surface area contributed by atoms with Gasteiger partial charge in [-0.15, -0.1) is 0 Å². The first-order chi connectivity index (χ1) is 12.5. The Balaban J connectivity index is 1.71. The highest BCUT2D eigenvalue weighted by atomic mass is 35.5. The molecule has 1 saturated heterocycles. The second-order valence-corrected chi connectivity index (χ2v) is 6.82. The number of halogens is 1. The quantitative estimate of drug-likeness (QED) is 0.879. The van der Waals surface area contributed by atoms with Crippen LogP contribution in [-0.2, 0) is 11.3 Å². The first-order valence-electron chi connectivity index (χ1n) is 8.64. The van der Waals surface area contributed by atoms with Gasteiger partial charge in [0, 0.05) is 36.8 Å². The molecule has 0 saturated carbocycles. The number of urea groups is 1. The van der Waals surface area contributed by atoms with Gasteiger partial charge in [-0.25, -0.2) is 4.79 Å². The lowest BCUT2D eigenvalue weighted by atomic mass is 10.0. The largest absolute Gasteiger partial charge is 0.467 e. The van der Waals surface area contributed by atoms with E-state index in [-0.39, 0.29) is 18.0 Å². The Morgan fingerprint density at radius 3 is 2.50 bits per heavy atom. The van der Waals surface area contributed by atoms with E-state index in [1.807, 2.05) is 17.0 Å². The molecular weight excluding hydrogens is 354 g/mol. The maximum Gasteiger partial charge on any atom is 0.322 e. The van der Waals surface area contributed by atoms with E-state index >= 15 is 0 Å². The van der Waals surface area contributed by atoms with Gasteiger partial charge in [-0.1, -0.05) is 11.6 Å². The van der Waals surface area contributed by atoms with Crippen LogP contribution in [0.3, 0.4) is 0 Å². The van der Waals surface area contributed by atoms with Crippen LogP contribution in [0.4, 0.5) is 10.5 Å². The number of furan rings is 1. The Hall–Kier alpha value is -2.47. The summed E-state index contributed by atoms with van der Waals surface area (Å²) in [7, 11) is 0. The van der Waals surface area contributed by atoms with Gasteiger partial charge in [0.05, 0.1) is 12.8 Å². The standard InChI is InChI=1S/C19H22ClN3O3/c1-14(24)22-10-8-17(9-11-22)23(13-18-3-2-12-26-18)19(25)21-16-6-4-15(20)5-7-16/h2-7,12,17H,8-11,13H2,1H3,(H,21,25). The Morgan fingerprint density at radius 1 is 1.23 bits per heavy atom. The molecule has 1 N–H and O–H groups in total. The molecule has 0 radical (unpaired) electrons. The minimum Gasteiger partial charge on any atom is -0.467 e. The van der Waals surface area contributed by atoms with Crippen molar-refractivity contribution in [3.8, 4) is 0 Å². The highest BCUT2D eigenvalue weighted by molar-refractivity contribution is 6.30. The molecule has 0 spiro atoms. The molecule has 3 rings (SSSR count). The van der Waals surface area contributed by atoms with Crippen LogP contribution < -0.4 is 5.32 Å². The van der Waals surface area contributed by atoms with Gasteiger partial charge >= 0.3 is 6.03 Å². The number of piperidine rings is 1. The van der Waals surface area contributed by atoms with Crippen LogP contribution in [0.15, 0.2) is 47.1 Å². The monoisotopic (exact) mass is 375 g/mol. The van der Waals surface area contributed by atoms with Gasteiger partial charge < -0.3 is 19.5 Å². The number of likely N-dealkylation sites (tertiary alicyclic amines) is 1. The predicted octanol–water partition coefficient (Wildman–Crippen LogP) is 3.98. The molecule has 6 nitrogen and oxygen atoms in total. The third-order valence-electron chi connectivity index (χ3n) is 4.61. The summed E-state index contributed by atoms with van der Waals surface area (Å²) in [5, 5.41) is 3.54. The van der Waals surface area contributed by atoms with Crippen LogP contribution in [0.5, 0.6) is 0 Å². The van der Waals surface area contributed by atoms with E-state index in [2.05, 4.69) is 5.32 Å². The minimum absolute atomic E-state index is 0.0444. The van der Waals surface area contributed by atoms with Gasteiger partial charge in [0.15, 0.2) is 0 Å². The molecule has 1 fully saturated rings. The molecule has 2 aromatic rings. The van der Waals surface area contributed by atoms with E-state index in [0.29, 0.717) is 30.3 Å². The molecule has 0 bridgehead atoms. The van der Waals surface area contributed by atoms with Crippen LogP contribution in [0.25, 0.3) is 0 Å². The number of anilines is 1. The summed E-state index contributed by atoms with van der Waals surface area (Å²) in [5.74, 6) is 0.803. The number of hydrogen-bond donors (Lipinski definition) is 1. The third-order valence-corrected chi connectivity index (χ3v) is 4.87. The average Bonchev–Trinajstić information content (AvgIpc) is 3.15. The summed E-state index contributed by atoms with van der Waals surface area (Å²) in [5.41, 5.74) is 0.685. The van der Waals surface area contributed by atoms with Gasteiger partial charge in [0.25, 0.3) is 0 Å². The molecule has 1 aromatic carbocycles. The molecule has 1 aromatic heterocycles. The van der Waals surface area contributed by atoms with E-state index < -0.39 is 0 Å². The second-order valence-electron chi connectivity index (χ2n) is 6.38. The van der Waals surface area contributed by atoms with Crippen LogP contribution in [0.2, 0.25) is 5.02 Å². The van der Waals surface area contributed by atoms with Crippen molar-refractivity contribution in [1.82, 2.24) is 9.80 Å². The summed E-state index contributed by atoms with van der Waals surface area (Å²) < 4.78 is 5.43. The van der Waals surface area contributed by atoms with Gasteiger partial charge in [-0.2, -0.15) is 0 Å². The van der Waals surface area contributed by atoms with E-state index in [1.165, 1.54) is 0 Å². The van der Waals surface area contributed by atoms with Gasteiger partial charge in [0.2, 0.25) is 5.91 Å². The molecule has 3 amide bonds. The fraction of sp³-hybridized carbons (Fsp3) is 0.368. The topological polar surface area (TPSA) is 65.8 Å². The van der Waals surface area contributed by atoms with Crippen LogP contribution in [-0.4, -0.2) is 40.9 Å². The highest BCUT2D eigenvalue weighted by Crippen LogP contribution is 2.21. The molecule has 1 aliphatic rings. The van der Waals surface area contributed by atoms with Crippen LogP contribution in [0, 0.1) is 0 Å². The van der Waals surface area contributed by atoms with Crippen molar-refractivity contribution in [2.75, 3.05) is 18.4 Å². The number of nitrogens with one attached hydrogen (secondary N) is 1. The molecule has 0 unspecified atom stereocenters. The zero-order valence-electron chi connectivity index (χ0n) is 14.7. The lowest BCUT2D eigenvalue weighted by Crippen LogP contribution is -2.49. The van der Waals surface area contributed by atoms with Gasteiger partial charge in [-0.3, -0.25) is 4.79 Å². The third kappa shape index (κ3) is 4.58. The number of carbonyl (C=O) groups excluding carboxylic acids is 2. The number of nitrogens with zero attached hydrogens (tertiary/aromatic N) is 2. The van der Waals surface area contributed by atoms with Crippen molar-refractivity contribution >= 4 is 29.2 Å². The number of carbonyl (C=O) groups is 2.